The van der Waals surface area contributed by atoms with E-state index >= 15 is 0 Å². The Hall–Kier alpha value is -3.41. The van der Waals surface area contributed by atoms with Gasteiger partial charge in [-0.15, -0.1) is 0 Å². The first-order valence-electron chi connectivity index (χ1n) is 33.1. The van der Waals surface area contributed by atoms with E-state index in [1.54, 1.807) is 0 Å². The molecular formula is C71H124O6. The van der Waals surface area contributed by atoms with E-state index in [4.69, 9.17) is 14.2 Å². The fourth-order valence-electron chi connectivity index (χ4n) is 9.40. The number of hydrogen-bond donors (Lipinski definition) is 0. The lowest BCUT2D eigenvalue weighted by Crippen LogP contribution is -2.30. The Bertz CT molecular complexity index is 1470. The van der Waals surface area contributed by atoms with Gasteiger partial charge in [-0.25, -0.2) is 0 Å². The number of unbranched alkanes of at least 4 members (excludes halogenated alkanes) is 35. The summed E-state index contributed by atoms with van der Waals surface area (Å²) in [5, 5.41) is 0. The van der Waals surface area contributed by atoms with Gasteiger partial charge < -0.3 is 14.2 Å². The summed E-state index contributed by atoms with van der Waals surface area (Å²) in [5.74, 6) is -0.932. The van der Waals surface area contributed by atoms with Crippen molar-refractivity contribution in [2.45, 2.75) is 335 Å². The summed E-state index contributed by atoms with van der Waals surface area (Å²) in [6.45, 7) is 6.50. The molecule has 6 nitrogen and oxygen atoms in total. The number of carbonyl (C=O) groups is 3. The summed E-state index contributed by atoms with van der Waals surface area (Å²) in [6.07, 6.45) is 86.1. The van der Waals surface area contributed by atoms with Crippen molar-refractivity contribution < 1.29 is 28.6 Å². The van der Waals surface area contributed by atoms with Crippen molar-refractivity contribution in [2.75, 3.05) is 13.2 Å². The van der Waals surface area contributed by atoms with Crippen LogP contribution in [0.3, 0.4) is 0 Å². The van der Waals surface area contributed by atoms with E-state index in [0.717, 1.165) is 89.9 Å². The minimum atomic E-state index is -0.802. The van der Waals surface area contributed by atoms with E-state index < -0.39 is 6.10 Å². The van der Waals surface area contributed by atoms with Crippen LogP contribution in [0.1, 0.15) is 329 Å². The van der Waals surface area contributed by atoms with Gasteiger partial charge >= 0.3 is 17.9 Å². The van der Waals surface area contributed by atoms with Gasteiger partial charge in [0.05, 0.1) is 0 Å². The van der Waals surface area contributed by atoms with Crippen LogP contribution in [0.2, 0.25) is 0 Å². The van der Waals surface area contributed by atoms with Gasteiger partial charge in [0, 0.05) is 19.3 Å². The lowest BCUT2D eigenvalue weighted by atomic mass is 10.0. The third kappa shape index (κ3) is 63.3. The minimum Gasteiger partial charge on any atom is -0.462 e. The molecule has 0 aromatic carbocycles. The van der Waals surface area contributed by atoms with Gasteiger partial charge in [-0.3, -0.25) is 14.4 Å². The van der Waals surface area contributed by atoms with Crippen molar-refractivity contribution in [2.24, 2.45) is 0 Å². The van der Waals surface area contributed by atoms with Crippen molar-refractivity contribution in [1.29, 1.82) is 0 Å². The molecule has 0 bridgehead atoms. The Labute approximate surface area is 477 Å². The molecule has 0 heterocycles. The van der Waals surface area contributed by atoms with Crippen LogP contribution in [0.15, 0.2) is 85.1 Å². The van der Waals surface area contributed by atoms with Gasteiger partial charge in [0.1, 0.15) is 13.2 Å². The molecule has 0 saturated heterocycles. The molecular weight excluding hydrogens is 949 g/mol. The topological polar surface area (TPSA) is 78.9 Å². The Kier molecular flexibility index (Phi) is 62.2. The quantitative estimate of drug-likeness (QED) is 0.0261. The van der Waals surface area contributed by atoms with Crippen molar-refractivity contribution in [3.05, 3.63) is 85.1 Å². The highest BCUT2D eigenvalue weighted by atomic mass is 16.6. The number of carbonyl (C=O) groups excluding carboxylic acids is 3. The highest BCUT2D eigenvalue weighted by molar-refractivity contribution is 5.71. The van der Waals surface area contributed by atoms with Crippen LogP contribution in [0.4, 0.5) is 0 Å². The third-order valence-electron chi connectivity index (χ3n) is 14.4. The zero-order valence-corrected chi connectivity index (χ0v) is 51.0. The van der Waals surface area contributed by atoms with E-state index in [1.165, 1.54) is 193 Å². The molecule has 0 aliphatic heterocycles. The van der Waals surface area contributed by atoms with Gasteiger partial charge in [0.25, 0.3) is 0 Å². The lowest BCUT2D eigenvalue weighted by molar-refractivity contribution is -0.167. The molecule has 0 aromatic heterocycles. The SMILES string of the molecule is CC/C=C\C/C=C\C/C=C\C/C=C\CCCCC(=O)OC(COC(=O)CCCCCCC/C=C\CCCCCCCC)COC(=O)CCCCCCCCCCCCCCCCCCC/C=C\C/C=C\CCCCCCC. The molecule has 0 N–H and O–H groups in total. The molecule has 0 aliphatic rings. The molecule has 0 saturated carbocycles. The summed E-state index contributed by atoms with van der Waals surface area (Å²) >= 11 is 0. The smallest absolute Gasteiger partial charge is 0.306 e. The van der Waals surface area contributed by atoms with Crippen LogP contribution in [0, 0.1) is 0 Å². The standard InChI is InChI=1S/C71H124O6/c1-4-7-10-13-16-19-22-25-28-29-30-31-32-33-34-35-36-37-38-39-40-41-44-46-49-52-55-58-61-64-70(73)76-67-68(77-71(74)65-62-59-56-53-50-47-43-27-24-21-18-15-12-9-6-3)66-75-69(72)63-60-57-54-51-48-45-42-26-23-20-17-14-11-8-5-2/h9,12,18,21-22,25-27,29-30,42-43,50,53,68H,4-8,10-11,13-17,19-20,23-24,28,31-41,44-49,51-52,54-67H2,1-3H3/b12-9-,21-18-,25-22-,30-29-,42-26-,43-27-,53-50-. The molecule has 1 unspecified atom stereocenters. The van der Waals surface area contributed by atoms with Gasteiger partial charge in [-0.2, -0.15) is 0 Å². The average Bonchev–Trinajstić information content (AvgIpc) is 3.43. The third-order valence-corrected chi connectivity index (χ3v) is 14.4. The van der Waals surface area contributed by atoms with E-state index in [0.29, 0.717) is 19.3 Å². The van der Waals surface area contributed by atoms with E-state index in [-0.39, 0.29) is 37.5 Å². The van der Waals surface area contributed by atoms with Gasteiger partial charge in [0.2, 0.25) is 0 Å². The number of allylic oxidation sites excluding steroid dienone is 14. The molecule has 1 atom stereocenters. The highest BCUT2D eigenvalue weighted by Crippen LogP contribution is 2.17. The molecule has 0 radical (unpaired) electrons. The number of rotatable bonds is 60. The molecule has 444 valence electrons. The first kappa shape index (κ1) is 73.6. The van der Waals surface area contributed by atoms with Crippen LogP contribution in [-0.2, 0) is 28.6 Å². The molecule has 6 heteroatoms. The molecule has 77 heavy (non-hydrogen) atoms. The van der Waals surface area contributed by atoms with Crippen LogP contribution in [0.25, 0.3) is 0 Å². The Morgan fingerprint density at radius 3 is 0.831 bits per heavy atom. The fourth-order valence-corrected chi connectivity index (χ4v) is 9.40. The molecule has 0 aromatic rings. The second-order valence-corrected chi connectivity index (χ2v) is 22.0. The average molecular weight is 1070 g/mol. The van der Waals surface area contributed by atoms with E-state index in [1.807, 2.05) is 0 Å². The van der Waals surface area contributed by atoms with Crippen molar-refractivity contribution in [3.63, 3.8) is 0 Å². The molecule has 0 spiro atoms. The van der Waals surface area contributed by atoms with Gasteiger partial charge in [-0.05, 0) is 116 Å². The number of esters is 3. The molecule has 0 fully saturated rings. The predicted molar refractivity (Wildman–Crippen MR) is 334 cm³/mol. The number of hydrogen-bond acceptors (Lipinski definition) is 6. The van der Waals surface area contributed by atoms with Crippen molar-refractivity contribution >= 4 is 17.9 Å². The maximum atomic E-state index is 12.9. The van der Waals surface area contributed by atoms with E-state index in [9.17, 15) is 14.4 Å². The fraction of sp³-hybridized carbons (Fsp3) is 0.761. The van der Waals surface area contributed by atoms with Gasteiger partial charge in [-0.1, -0.05) is 279 Å². The maximum absolute atomic E-state index is 12.9. The number of ether oxygens (including phenoxy) is 3. The highest BCUT2D eigenvalue weighted by Gasteiger charge is 2.19. The molecule has 0 amide bonds. The monoisotopic (exact) mass is 1070 g/mol. The second kappa shape index (κ2) is 65.1. The van der Waals surface area contributed by atoms with Crippen LogP contribution in [-0.4, -0.2) is 37.2 Å². The summed E-state index contributed by atoms with van der Waals surface area (Å²) in [5.41, 5.74) is 0. The zero-order chi connectivity index (χ0) is 55.7. The predicted octanol–water partition coefficient (Wildman–Crippen LogP) is 22.7. The van der Waals surface area contributed by atoms with Crippen LogP contribution < -0.4 is 0 Å². The minimum absolute atomic E-state index is 0.0937. The van der Waals surface area contributed by atoms with Crippen LogP contribution >= 0.6 is 0 Å². The van der Waals surface area contributed by atoms with E-state index in [2.05, 4.69) is 106 Å². The Balaban J connectivity index is 4.25. The van der Waals surface area contributed by atoms with Crippen molar-refractivity contribution in [3.8, 4) is 0 Å². The summed E-state index contributed by atoms with van der Waals surface area (Å²) in [7, 11) is 0. The molecule has 0 rings (SSSR count). The lowest BCUT2D eigenvalue weighted by Gasteiger charge is -2.18. The normalized spacial score (nSPS) is 12.6. The van der Waals surface area contributed by atoms with Crippen molar-refractivity contribution in [1.82, 2.24) is 0 Å². The largest absolute Gasteiger partial charge is 0.462 e. The summed E-state index contributed by atoms with van der Waals surface area (Å²) in [6, 6.07) is 0. The zero-order valence-electron chi connectivity index (χ0n) is 51.0. The summed E-state index contributed by atoms with van der Waals surface area (Å²) < 4.78 is 16.9. The Morgan fingerprint density at radius 1 is 0.273 bits per heavy atom. The first-order valence-corrected chi connectivity index (χ1v) is 33.1. The molecule has 0 aliphatic carbocycles. The Morgan fingerprint density at radius 2 is 0.506 bits per heavy atom. The van der Waals surface area contributed by atoms with Crippen LogP contribution in [0.5, 0.6) is 0 Å². The second-order valence-electron chi connectivity index (χ2n) is 22.0. The van der Waals surface area contributed by atoms with Gasteiger partial charge in [0.15, 0.2) is 6.10 Å². The first-order chi connectivity index (χ1) is 38.0. The maximum Gasteiger partial charge on any atom is 0.306 e. The summed E-state index contributed by atoms with van der Waals surface area (Å²) in [4.78, 5) is 38.3.